The van der Waals surface area contributed by atoms with Gasteiger partial charge in [-0.1, -0.05) is 22.9 Å². The molecule has 0 bridgehead atoms. The molecule has 2 aromatic rings. The number of thiophene rings is 1. The zero-order chi connectivity index (χ0) is 11.0. The summed E-state index contributed by atoms with van der Waals surface area (Å²) in [6.45, 7) is 0. The van der Waals surface area contributed by atoms with Crippen molar-refractivity contribution in [2.45, 2.75) is 0 Å². The molecule has 0 unspecified atom stereocenters. The average molecular weight is 265 g/mol. The minimum absolute atomic E-state index is 0.178. The molecule has 0 radical (unpaired) electrons. The average Bonchev–Trinajstić information content (AvgIpc) is 2.42. The highest BCUT2D eigenvalue weighted by molar-refractivity contribution is 7.21. The van der Waals surface area contributed by atoms with Gasteiger partial charge < -0.3 is 4.74 Å². The molecule has 0 N–H and O–H groups in total. The van der Waals surface area contributed by atoms with Crippen LogP contribution in [0.3, 0.4) is 0 Å². The minimum Gasteiger partial charge on any atom is -0.402 e. The molecule has 2 rings (SSSR count). The number of halogens is 3. The highest BCUT2D eigenvalue weighted by Gasteiger charge is 2.14. The first-order valence-corrected chi connectivity index (χ1v) is 5.40. The summed E-state index contributed by atoms with van der Waals surface area (Å²) in [5, 5.41) is 1.08. The zero-order valence-corrected chi connectivity index (χ0v) is 9.42. The van der Waals surface area contributed by atoms with E-state index in [1.807, 2.05) is 0 Å². The predicted octanol–water partition coefficient (Wildman–Crippen LogP) is 4.43. The number of fused-ring (bicyclic) bond motifs is 1. The molecule has 0 aliphatic rings. The van der Waals surface area contributed by atoms with Crippen molar-refractivity contribution in [2.24, 2.45) is 0 Å². The van der Waals surface area contributed by atoms with E-state index in [0.717, 1.165) is 11.3 Å². The van der Waals surface area contributed by atoms with Crippen LogP contribution in [0.2, 0.25) is 5.02 Å². The molecule has 15 heavy (non-hydrogen) atoms. The van der Waals surface area contributed by atoms with Gasteiger partial charge in [-0.15, -0.1) is 0 Å². The van der Waals surface area contributed by atoms with Crippen LogP contribution >= 0.6 is 34.5 Å². The van der Waals surface area contributed by atoms with Gasteiger partial charge in [0.25, 0.3) is 0 Å². The quantitative estimate of drug-likeness (QED) is 0.713. The van der Waals surface area contributed by atoms with Crippen molar-refractivity contribution < 1.29 is 13.9 Å². The predicted molar refractivity (Wildman–Crippen MR) is 58.7 cm³/mol. The minimum atomic E-state index is -0.969. The Morgan fingerprint density at radius 1 is 1.47 bits per heavy atom. The van der Waals surface area contributed by atoms with Crippen LogP contribution < -0.4 is 4.74 Å². The van der Waals surface area contributed by atoms with Crippen molar-refractivity contribution in [2.75, 3.05) is 0 Å². The lowest BCUT2D eigenvalue weighted by molar-refractivity contribution is 0.227. The van der Waals surface area contributed by atoms with E-state index in [1.54, 1.807) is 0 Å². The number of carbonyl (C=O) groups excluding carboxylic acids is 1. The van der Waals surface area contributed by atoms with Crippen LogP contribution in [0, 0.1) is 5.82 Å². The van der Waals surface area contributed by atoms with Crippen LogP contribution in [-0.4, -0.2) is 5.43 Å². The Bertz CT molecular complexity index is 538. The van der Waals surface area contributed by atoms with E-state index in [-0.39, 0.29) is 15.9 Å². The first-order chi connectivity index (χ1) is 7.08. The molecule has 1 aromatic carbocycles. The molecule has 2 nitrogen and oxygen atoms in total. The molecule has 0 saturated carbocycles. The highest BCUT2D eigenvalue weighted by Crippen LogP contribution is 2.41. The van der Waals surface area contributed by atoms with E-state index in [4.69, 9.17) is 23.2 Å². The van der Waals surface area contributed by atoms with Gasteiger partial charge in [0.2, 0.25) is 5.06 Å². The van der Waals surface area contributed by atoms with E-state index >= 15 is 0 Å². The van der Waals surface area contributed by atoms with Crippen molar-refractivity contribution in [3.8, 4) is 5.06 Å². The molecule has 0 amide bonds. The van der Waals surface area contributed by atoms with Crippen LogP contribution in [-0.2, 0) is 0 Å². The van der Waals surface area contributed by atoms with Gasteiger partial charge >= 0.3 is 5.43 Å². The van der Waals surface area contributed by atoms with Crippen LogP contribution in [0.15, 0.2) is 18.2 Å². The number of hydrogen-bond acceptors (Lipinski definition) is 3. The van der Waals surface area contributed by atoms with E-state index in [9.17, 15) is 9.18 Å². The second-order valence-corrected chi connectivity index (χ2v) is 4.38. The fourth-order valence-electron chi connectivity index (χ4n) is 1.16. The summed E-state index contributed by atoms with van der Waals surface area (Å²) in [7, 11) is 0. The van der Waals surface area contributed by atoms with Gasteiger partial charge in [0.05, 0.1) is 0 Å². The maximum Gasteiger partial charge on any atom is 0.410 e. The summed E-state index contributed by atoms with van der Waals surface area (Å²) >= 11 is 12.0. The monoisotopic (exact) mass is 264 g/mol. The normalized spacial score (nSPS) is 10.6. The summed E-state index contributed by atoms with van der Waals surface area (Å²) < 4.78 is 18.1. The van der Waals surface area contributed by atoms with Crippen molar-refractivity contribution in [1.82, 2.24) is 0 Å². The molecule has 0 saturated heterocycles. The summed E-state index contributed by atoms with van der Waals surface area (Å²) in [4.78, 5) is 10.5. The Labute approximate surface area is 98.2 Å². The van der Waals surface area contributed by atoms with E-state index in [1.165, 1.54) is 18.2 Å². The smallest absolute Gasteiger partial charge is 0.402 e. The molecule has 78 valence electrons. The van der Waals surface area contributed by atoms with E-state index in [0.29, 0.717) is 10.1 Å². The molecular formula is C9H3Cl2FO2S. The fourth-order valence-corrected chi connectivity index (χ4v) is 2.62. The second-order valence-electron chi connectivity index (χ2n) is 2.68. The molecule has 1 heterocycles. The Hall–Kier alpha value is -0.840. The Balaban J connectivity index is 2.58. The maximum atomic E-state index is 12.9. The summed E-state index contributed by atoms with van der Waals surface area (Å²) in [6, 6.07) is 4.12. The van der Waals surface area contributed by atoms with Crippen LogP contribution in [0.4, 0.5) is 9.18 Å². The topological polar surface area (TPSA) is 26.3 Å². The zero-order valence-electron chi connectivity index (χ0n) is 7.09. The fraction of sp³-hybridized carbons (Fsp3) is 0. The van der Waals surface area contributed by atoms with E-state index in [2.05, 4.69) is 4.74 Å². The van der Waals surface area contributed by atoms with Crippen LogP contribution in [0.25, 0.3) is 10.1 Å². The lowest BCUT2D eigenvalue weighted by atomic mass is 10.2. The van der Waals surface area contributed by atoms with Crippen molar-refractivity contribution >= 4 is 50.1 Å². The van der Waals surface area contributed by atoms with Gasteiger partial charge in [0.1, 0.15) is 10.8 Å². The first-order valence-electron chi connectivity index (χ1n) is 3.83. The molecule has 0 atom stereocenters. The third-order valence-electron chi connectivity index (χ3n) is 1.73. The summed E-state index contributed by atoms with van der Waals surface area (Å²) in [5.41, 5.74) is -0.969. The molecule has 6 heteroatoms. The van der Waals surface area contributed by atoms with Gasteiger partial charge in [-0.2, -0.15) is 0 Å². The number of hydrogen-bond donors (Lipinski definition) is 0. The van der Waals surface area contributed by atoms with Gasteiger partial charge in [-0.25, -0.2) is 9.18 Å². The first kappa shape index (κ1) is 10.7. The number of ether oxygens (including phenoxy) is 1. The third-order valence-corrected chi connectivity index (χ3v) is 3.33. The highest BCUT2D eigenvalue weighted by atomic mass is 35.5. The Morgan fingerprint density at radius 3 is 2.87 bits per heavy atom. The number of rotatable bonds is 1. The number of benzene rings is 1. The molecular weight excluding hydrogens is 262 g/mol. The lowest BCUT2D eigenvalue weighted by Gasteiger charge is -1.93. The van der Waals surface area contributed by atoms with Gasteiger partial charge in [-0.05, 0) is 18.2 Å². The van der Waals surface area contributed by atoms with Crippen molar-refractivity contribution in [3.05, 3.63) is 29.0 Å². The SMILES string of the molecule is O=C(Cl)Oc1sc2cc(F)ccc2c1Cl. The third kappa shape index (κ3) is 2.07. The maximum absolute atomic E-state index is 12.9. The molecule has 1 aromatic heterocycles. The largest absolute Gasteiger partial charge is 0.410 e. The molecule has 0 aliphatic carbocycles. The Morgan fingerprint density at radius 2 is 2.20 bits per heavy atom. The molecule has 0 spiro atoms. The molecule has 0 fully saturated rings. The van der Waals surface area contributed by atoms with Gasteiger partial charge in [0.15, 0.2) is 0 Å². The van der Waals surface area contributed by atoms with E-state index < -0.39 is 5.43 Å². The second kappa shape index (κ2) is 3.96. The van der Waals surface area contributed by atoms with Crippen LogP contribution in [0.1, 0.15) is 0 Å². The van der Waals surface area contributed by atoms with Crippen LogP contribution in [0.5, 0.6) is 5.06 Å². The van der Waals surface area contributed by atoms with Crippen molar-refractivity contribution in [3.63, 3.8) is 0 Å². The lowest BCUT2D eigenvalue weighted by Crippen LogP contribution is -1.93. The number of carbonyl (C=O) groups is 1. The Kier molecular flexibility index (Phi) is 2.82. The standard InChI is InChI=1S/C9H3Cl2FO2S/c10-7-5-2-1-4(12)3-6(5)15-8(7)14-9(11)13/h1-3H. The van der Waals surface area contributed by atoms with Gasteiger partial charge in [0, 0.05) is 21.7 Å². The summed E-state index contributed by atoms with van der Waals surface area (Å²) in [6.07, 6.45) is 0. The molecule has 0 aliphatic heterocycles. The van der Waals surface area contributed by atoms with Crippen molar-refractivity contribution in [1.29, 1.82) is 0 Å². The summed E-state index contributed by atoms with van der Waals surface area (Å²) in [5.74, 6) is -0.371. The van der Waals surface area contributed by atoms with Gasteiger partial charge in [-0.3, -0.25) is 0 Å².